The second-order valence-electron chi connectivity index (χ2n) is 6.83. The summed E-state index contributed by atoms with van der Waals surface area (Å²) >= 11 is 6.16. The van der Waals surface area contributed by atoms with Crippen LogP contribution >= 0.6 is 11.6 Å². The molecular formula is C18H25ClO. The molecule has 0 spiro atoms. The van der Waals surface area contributed by atoms with Crippen LogP contribution in [0.5, 0.6) is 0 Å². The van der Waals surface area contributed by atoms with Crippen molar-refractivity contribution in [1.82, 2.24) is 0 Å². The van der Waals surface area contributed by atoms with Gasteiger partial charge in [0.25, 0.3) is 0 Å². The largest absolute Gasteiger partial charge is 0.294 e. The number of halogens is 1. The Kier molecular flexibility index (Phi) is 4.59. The Hall–Kier alpha value is -0.820. The molecule has 2 rings (SSSR count). The SMILES string of the molecule is Cc1cc(C(=O)C2(CC(C)C)CCCC2)c(C)cc1Cl. The van der Waals surface area contributed by atoms with E-state index in [1.165, 1.54) is 12.8 Å². The fourth-order valence-corrected chi connectivity index (χ4v) is 3.89. The molecule has 0 aromatic heterocycles. The molecule has 0 unspecified atom stereocenters. The summed E-state index contributed by atoms with van der Waals surface area (Å²) in [5.41, 5.74) is 2.77. The van der Waals surface area contributed by atoms with Crippen molar-refractivity contribution in [3.8, 4) is 0 Å². The Balaban J connectivity index is 2.40. The summed E-state index contributed by atoms with van der Waals surface area (Å²) in [6.07, 6.45) is 5.47. The van der Waals surface area contributed by atoms with Crippen molar-refractivity contribution in [2.45, 2.75) is 59.8 Å². The van der Waals surface area contributed by atoms with Crippen LogP contribution in [0.2, 0.25) is 5.02 Å². The van der Waals surface area contributed by atoms with Crippen LogP contribution in [0.3, 0.4) is 0 Å². The van der Waals surface area contributed by atoms with E-state index in [4.69, 9.17) is 11.6 Å². The van der Waals surface area contributed by atoms with Gasteiger partial charge in [-0.1, -0.05) is 38.3 Å². The highest BCUT2D eigenvalue weighted by atomic mass is 35.5. The van der Waals surface area contributed by atoms with E-state index in [1.54, 1.807) is 0 Å². The highest BCUT2D eigenvalue weighted by molar-refractivity contribution is 6.31. The van der Waals surface area contributed by atoms with Gasteiger partial charge in [0.15, 0.2) is 5.78 Å². The first-order valence-corrected chi connectivity index (χ1v) is 8.05. The van der Waals surface area contributed by atoms with E-state index in [2.05, 4.69) is 13.8 Å². The van der Waals surface area contributed by atoms with Crippen molar-refractivity contribution in [3.05, 3.63) is 33.8 Å². The van der Waals surface area contributed by atoms with Gasteiger partial charge in [-0.2, -0.15) is 0 Å². The van der Waals surface area contributed by atoms with Crippen molar-refractivity contribution in [3.63, 3.8) is 0 Å². The van der Waals surface area contributed by atoms with Crippen molar-refractivity contribution in [2.24, 2.45) is 11.3 Å². The summed E-state index contributed by atoms with van der Waals surface area (Å²) in [6.45, 7) is 8.40. The van der Waals surface area contributed by atoms with Gasteiger partial charge < -0.3 is 0 Å². The van der Waals surface area contributed by atoms with Crippen molar-refractivity contribution < 1.29 is 4.79 Å². The molecule has 1 aromatic rings. The molecule has 0 N–H and O–H groups in total. The van der Waals surface area contributed by atoms with Gasteiger partial charge in [-0.25, -0.2) is 0 Å². The lowest BCUT2D eigenvalue weighted by molar-refractivity contribution is 0.0759. The lowest BCUT2D eigenvalue weighted by Gasteiger charge is -2.30. The number of hydrogen-bond donors (Lipinski definition) is 0. The predicted octanol–water partition coefficient (Wildman–Crippen LogP) is 5.75. The van der Waals surface area contributed by atoms with Gasteiger partial charge in [0, 0.05) is 16.0 Å². The average molecular weight is 293 g/mol. The Labute approximate surface area is 127 Å². The minimum atomic E-state index is -0.126. The molecule has 0 aliphatic heterocycles. The van der Waals surface area contributed by atoms with Crippen LogP contribution in [-0.4, -0.2) is 5.78 Å². The highest BCUT2D eigenvalue weighted by Crippen LogP contribution is 2.46. The van der Waals surface area contributed by atoms with Crippen LogP contribution in [-0.2, 0) is 0 Å². The quantitative estimate of drug-likeness (QED) is 0.646. The standard InChI is InChI=1S/C18H25ClO/c1-12(2)11-18(7-5-6-8-18)17(20)15-9-14(4)16(19)10-13(15)3/h9-10,12H,5-8,11H2,1-4H3. The number of ketones is 1. The average Bonchev–Trinajstić information content (AvgIpc) is 2.81. The molecular weight excluding hydrogens is 268 g/mol. The van der Waals surface area contributed by atoms with Gasteiger partial charge in [-0.15, -0.1) is 0 Å². The van der Waals surface area contributed by atoms with Crippen molar-refractivity contribution in [2.75, 3.05) is 0 Å². The molecule has 0 heterocycles. The highest BCUT2D eigenvalue weighted by Gasteiger charge is 2.42. The second kappa shape index (κ2) is 5.89. The van der Waals surface area contributed by atoms with Gasteiger partial charge in [-0.3, -0.25) is 4.79 Å². The van der Waals surface area contributed by atoms with Crippen LogP contribution in [0.4, 0.5) is 0 Å². The normalized spacial score (nSPS) is 17.7. The number of carbonyl (C=O) groups excluding carboxylic acids is 1. The predicted molar refractivity (Wildman–Crippen MR) is 85.6 cm³/mol. The van der Waals surface area contributed by atoms with Gasteiger partial charge in [0.05, 0.1) is 0 Å². The van der Waals surface area contributed by atoms with Gasteiger partial charge in [-0.05, 0) is 62.3 Å². The van der Waals surface area contributed by atoms with E-state index < -0.39 is 0 Å². The van der Waals surface area contributed by atoms with E-state index in [-0.39, 0.29) is 5.41 Å². The monoisotopic (exact) mass is 292 g/mol. The molecule has 1 fully saturated rings. The number of carbonyl (C=O) groups is 1. The summed E-state index contributed by atoms with van der Waals surface area (Å²) < 4.78 is 0. The molecule has 1 nitrogen and oxygen atoms in total. The van der Waals surface area contributed by atoms with E-state index >= 15 is 0 Å². The summed E-state index contributed by atoms with van der Waals surface area (Å²) in [6, 6.07) is 3.92. The smallest absolute Gasteiger partial charge is 0.169 e. The van der Waals surface area contributed by atoms with Crippen LogP contribution in [0.1, 0.15) is 67.4 Å². The zero-order valence-electron chi connectivity index (χ0n) is 13.1. The first-order valence-electron chi connectivity index (χ1n) is 7.67. The zero-order valence-corrected chi connectivity index (χ0v) is 13.8. The van der Waals surface area contributed by atoms with Gasteiger partial charge in [0.2, 0.25) is 0 Å². The number of rotatable bonds is 4. The first-order chi connectivity index (χ1) is 9.35. The van der Waals surface area contributed by atoms with Crippen LogP contribution < -0.4 is 0 Å². The molecule has 110 valence electrons. The number of hydrogen-bond acceptors (Lipinski definition) is 1. The lowest BCUT2D eigenvalue weighted by atomic mass is 9.72. The van der Waals surface area contributed by atoms with Crippen molar-refractivity contribution >= 4 is 17.4 Å². The molecule has 0 amide bonds. The third-order valence-electron chi connectivity index (χ3n) is 4.59. The molecule has 1 aliphatic rings. The molecule has 0 saturated heterocycles. The fourth-order valence-electron chi connectivity index (χ4n) is 3.67. The Morgan fingerprint density at radius 3 is 2.35 bits per heavy atom. The van der Waals surface area contributed by atoms with Gasteiger partial charge >= 0.3 is 0 Å². The van der Waals surface area contributed by atoms with E-state index in [0.717, 1.165) is 41.0 Å². The first kappa shape index (κ1) is 15.6. The molecule has 1 saturated carbocycles. The summed E-state index contributed by atoms with van der Waals surface area (Å²) in [7, 11) is 0. The fraction of sp³-hybridized carbons (Fsp3) is 0.611. The maximum Gasteiger partial charge on any atom is 0.169 e. The maximum absolute atomic E-state index is 13.1. The Morgan fingerprint density at radius 1 is 1.20 bits per heavy atom. The molecule has 0 bridgehead atoms. The van der Waals surface area contributed by atoms with E-state index in [0.29, 0.717) is 11.7 Å². The van der Waals surface area contributed by atoms with Crippen LogP contribution in [0.25, 0.3) is 0 Å². The minimum absolute atomic E-state index is 0.126. The number of benzene rings is 1. The molecule has 0 atom stereocenters. The topological polar surface area (TPSA) is 17.1 Å². The molecule has 1 aliphatic carbocycles. The summed E-state index contributed by atoms with van der Waals surface area (Å²) in [4.78, 5) is 13.1. The third-order valence-corrected chi connectivity index (χ3v) is 5.00. The van der Waals surface area contributed by atoms with Crippen molar-refractivity contribution in [1.29, 1.82) is 0 Å². The Bertz CT molecular complexity index is 510. The lowest BCUT2D eigenvalue weighted by Crippen LogP contribution is -2.30. The third kappa shape index (κ3) is 2.93. The summed E-state index contributed by atoms with van der Waals surface area (Å²) in [5, 5.41) is 0.753. The number of Topliss-reactive ketones (excluding diaryl/α,β-unsaturated/α-hetero) is 1. The summed E-state index contributed by atoms with van der Waals surface area (Å²) in [5.74, 6) is 0.909. The molecule has 2 heteroatoms. The number of aryl methyl sites for hydroxylation is 2. The van der Waals surface area contributed by atoms with E-state index in [1.807, 2.05) is 26.0 Å². The molecule has 0 radical (unpaired) electrons. The van der Waals surface area contributed by atoms with Crippen LogP contribution in [0, 0.1) is 25.2 Å². The molecule has 20 heavy (non-hydrogen) atoms. The van der Waals surface area contributed by atoms with E-state index in [9.17, 15) is 4.79 Å². The van der Waals surface area contributed by atoms with Crippen LogP contribution in [0.15, 0.2) is 12.1 Å². The Morgan fingerprint density at radius 2 is 1.80 bits per heavy atom. The van der Waals surface area contributed by atoms with Gasteiger partial charge in [0.1, 0.15) is 0 Å². The zero-order chi connectivity index (χ0) is 14.9. The molecule has 1 aromatic carbocycles. The second-order valence-corrected chi connectivity index (χ2v) is 7.24. The maximum atomic E-state index is 13.1. The minimum Gasteiger partial charge on any atom is -0.294 e.